The van der Waals surface area contributed by atoms with Crippen LogP contribution >= 0.6 is 0 Å². The van der Waals surface area contributed by atoms with Crippen LogP contribution in [0.5, 0.6) is 0 Å². The van der Waals surface area contributed by atoms with Gasteiger partial charge in [0.15, 0.2) is 0 Å². The molecule has 32 heavy (non-hydrogen) atoms. The second-order valence-corrected chi connectivity index (χ2v) is 9.07. The average molecular weight is 451 g/mol. The van der Waals surface area contributed by atoms with Crippen LogP contribution in [0.1, 0.15) is 24.2 Å². The standard InChI is InChI=1S/C23H22N4O4S/c1-15(2)31-22(28)16-8-10-18(11-9-16)27-32(29,30)19-12-13-20-21(14-19)26-23(25-20)24-17-6-4-3-5-7-17/h3-15,27H,1-2H3,(H2,24,25,26). The van der Waals surface area contributed by atoms with E-state index in [1.165, 1.54) is 36.4 Å². The Morgan fingerprint density at radius 2 is 1.69 bits per heavy atom. The average Bonchev–Trinajstić information content (AvgIpc) is 3.15. The van der Waals surface area contributed by atoms with Crippen molar-refractivity contribution in [2.45, 2.75) is 24.8 Å². The maximum absolute atomic E-state index is 12.9. The predicted octanol–water partition coefficient (Wildman–Crippen LogP) is 4.67. The maximum atomic E-state index is 12.9. The van der Waals surface area contributed by atoms with Crippen molar-refractivity contribution in [2.75, 3.05) is 10.0 Å². The van der Waals surface area contributed by atoms with E-state index in [4.69, 9.17) is 4.74 Å². The van der Waals surface area contributed by atoms with Crippen molar-refractivity contribution >= 4 is 44.3 Å². The molecule has 0 atom stereocenters. The Balaban J connectivity index is 1.52. The smallest absolute Gasteiger partial charge is 0.338 e. The number of hydrogen-bond donors (Lipinski definition) is 3. The number of nitrogens with one attached hydrogen (secondary N) is 3. The lowest BCUT2D eigenvalue weighted by Gasteiger charge is -2.10. The van der Waals surface area contributed by atoms with E-state index in [2.05, 4.69) is 20.0 Å². The molecule has 0 saturated heterocycles. The Labute approximate surface area is 185 Å². The Bertz CT molecular complexity index is 1350. The fraction of sp³-hybridized carbons (Fsp3) is 0.130. The van der Waals surface area contributed by atoms with E-state index in [0.29, 0.717) is 28.2 Å². The highest BCUT2D eigenvalue weighted by Gasteiger charge is 2.17. The minimum atomic E-state index is -3.85. The lowest BCUT2D eigenvalue weighted by Crippen LogP contribution is -2.14. The molecule has 1 aromatic heterocycles. The largest absolute Gasteiger partial charge is 0.459 e. The zero-order valence-corrected chi connectivity index (χ0v) is 18.3. The van der Waals surface area contributed by atoms with Crippen molar-refractivity contribution in [3.63, 3.8) is 0 Å². The van der Waals surface area contributed by atoms with E-state index >= 15 is 0 Å². The van der Waals surface area contributed by atoms with Crippen LogP contribution in [-0.4, -0.2) is 30.5 Å². The van der Waals surface area contributed by atoms with Crippen LogP contribution in [0, 0.1) is 0 Å². The van der Waals surface area contributed by atoms with Crippen molar-refractivity contribution in [1.29, 1.82) is 0 Å². The van der Waals surface area contributed by atoms with Crippen molar-refractivity contribution in [1.82, 2.24) is 9.97 Å². The van der Waals surface area contributed by atoms with Gasteiger partial charge in [0, 0.05) is 11.4 Å². The molecule has 9 heteroatoms. The van der Waals surface area contributed by atoms with Crippen molar-refractivity contribution in [3.05, 3.63) is 78.4 Å². The minimum absolute atomic E-state index is 0.0751. The van der Waals surface area contributed by atoms with E-state index in [-0.39, 0.29) is 11.0 Å². The van der Waals surface area contributed by atoms with Gasteiger partial charge >= 0.3 is 5.97 Å². The number of imidazole rings is 1. The highest BCUT2D eigenvalue weighted by atomic mass is 32.2. The summed E-state index contributed by atoms with van der Waals surface area (Å²) in [7, 11) is -3.85. The number of sulfonamides is 1. The van der Waals surface area contributed by atoms with Gasteiger partial charge in [-0.1, -0.05) is 18.2 Å². The molecular formula is C23H22N4O4S. The highest BCUT2D eigenvalue weighted by Crippen LogP contribution is 2.23. The first-order valence-corrected chi connectivity index (χ1v) is 11.4. The van der Waals surface area contributed by atoms with E-state index in [9.17, 15) is 13.2 Å². The zero-order chi connectivity index (χ0) is 22.7. The van der Waals surface area contributed by atoms with Gasteiger partial charge in [0.05, 0.1) is 27.6 Å². The Kier molecular flexibility index (Phi) is 5.83. The number of hydrogen-bond acceptors (Lipinski definition) is 6. The van der Waals surface area contributed by atoms with Crippen LogP contribution in [-0.2, 0) is 14.8 Å². The summed E-state index contributed by atoms with van der Waals surface area (Å²) in [5.74, 6) is 0.0517. The minimum Gasteiger partial charge on any atom is -0.459 e. The molecule has 0 aliphatic rings. The summed E-state index contributed by atoms with van der Waals surface area (Å²) >= 11 is 0. The number of ether oxygens (including phenoxy) is 1. The number of carbonyl (C=O) groups excluding carboxylic acids is 1. The molecule has 1 heterocycles. The number of esters is 1. The molecule has 0 radical (unpaired) electrons. The number of carbonyl (C=O) groups is 1. The number of nitrogens with zero attached hydrogens (tertiary/aromatic N) is 1. The summed E-state index contributed by atoms with van der Waals surface area (Å²) in [5.41, 5.74) is 2.76. The molecule has 4 aromatic rings. The molecule has 0 fully saturated rings. The number of benzene rings is 3. The van der Waals surface area contributed by atoms with Crippen LogP contribution in [0.4, 0.5) is 17.3 Å². The third kappa shape index (κ3) is 4.89. The van der Waals surface area contributed by atoms with Crippen LogP contribution in [0.15, 0.2) is 77.7 Å². The number of rotatable bonds is 7. The highest BCUT2D eigenvalue weighted by molar-refractivity contribution is 7.92. The summed E-state index contributed by atoms with van der Waals surface area (Å²) in [4.78, 5) is 19.6. The maximum Gasteiger partial charge on any atom is 0.338 e. The Hall–Kier alpha value is -3.85. The lowest BCUT2D eigenvalue weighted by molar-refractivity contribution is 0.0378. The van der Waals surface area contributed by atoms with E-state index in [1.807, 2.05) is 30.3 Å². The summed E-state index contributed by atoms with van der Waals surface area (Å²) in [6, 6.07) is 20.3. The molecule has 164 valence electrons. The molecule has 8 nitrogen and oxygen atoms in total. The molecule has 0 unspecified atom stereocenters. The second-order valence-electron chi connectivity index (χ2n) is 7.39. The van der Waals surface area contributed by atoms with Gasteiger partial charge < -0.3 is 15.0 Å². The summed E-state index contributed by atoms with van der Waals surface area (Å²) < 4.78 is 33.4. The first-order chi connectivity index (χ1) is 15.3. The third-order valence-electron chi connectivity index (χ3n) is 4.52. The van der Waals surface area contributed by atoms with Crippen LogP contribution in [0.3, 0.4) is 0 Å². The van der Waals surface area contributed by atoms with Crippen LogP contribution in [0.2, 0.25) is 0 Å². The molecule has 4 rings (SSSR count). The monoisotopic (exact) mass is 450 g/mol. The van der Waals surface area contributed by atoms with Gasteiger partial charge in [-0.05, 0) is 68.4 Å². The van der Waals surface area contributed by atoms with Crippen LogP contribution < -0.4 is 10.0 Å². The molecule has 0 saturated carbocycles. The SMILES string of the molecule is CC(C)OC(=O)c1ccc(NS(=O)(=O)c2ccc3[nH]c(Nc4ccccc4)nc3c2)cc1. The summed E-state index contributed by atoms with van der Waals surface area (Å²) in [6.07, 6.45) is -0.235. The van der Waals surface area contributed by atoms with Gasteiger partial charge in [-0.2, -0.15) is 0 Å². The number of aromatic nitrogens is 2. The normalized spacial score (nSPS) is 11.5. The number of anilines is 3. The quantitative estimate of drug-likeness (QED) is 0.353. The molecule has 0 bridgehead atoms. The summed E-state index contributed by atoms with van der Waals surface area (Å²) in [5, 5.41) is 3.15. The fourth-order valence-corrected chi connectivity index (χ4v) is 4.12. The molecule has 0 aliphatic carbocycles. The second kappa shape index (κ2) is 8.72. The van der Waals surface area contributed by atoms with Gasteiger partial charge in [-0.25, -0.2) is 18.2 Å². The van der Waals surface area contributed by atoms with Gasteiger partial charge in [0.1, 0.15) is 0 Å². The van der Waals surface area contributed by atoms with Gasteiger partial charge in [-0.3, -0.25) is 4.72 Å². The Morgan fingerprint density at radius 1 is 0.969 bits per heavy atom. The number of aromatic amines is 1. The molecule has 0 aliphatic heterocycles. The van der Waals surface area contributed by atoms with Gasteiger partial charge in [0.2, 0.25) is 5.95 Å². The number of H-pyrrole nitrogens is 1. The molecular weight excluding hydrogens is 428 g/mol. The van der Waals surface area contributed by atoms with E-state index < -0.39 is 16.0 Å². The molecule has 3 N–H and O–H groups in total. The molecule has 0 spiro atoms. The summed E-state index contributed by atoms with van der Waals surface area (Å²) in [6.45, 7) is 3.52. The first-order valence-electron chi connectivity index (χ1n) is 9.96. The number of para-hydroxylation sites is 1. The number of fused-ring (bicyclic) bond motifs is 1. The zero-order valence-electron chi connectivity index (χ0n) is 17.5. The van der Waals surface area contributed by atoms with Crippen LogP contribution in [0.25, 0.3) is 11.0 Å². The topological polar surface area (TPSA) is 113 Å². The first kappa shape index (κ1) is 21.4. The van der Waals surface area contributed by atoms with Gasteiger partial charge in [0.25, 0.3) is 10.0 Å². The van der Waals surface area contributed by atoms with E-state index in [0.717, 1.165) is 5.69 Å². The van der Waals surface area contributed by atoms with Crippen molar-refractivity contribution in [2.24, 2.45) is 0 Å². The van der Waals surface area contributed by atoms with Crippen molar-refractivity contribution in [3.8, 4) is 0 Å². The third-order valence-corrected chi connectivity index (χ3v) is 5.90. The molecule has 3 aromatic carbocycles. The van der Waals surface area contributed by atoms with E-state index in [1.54, 1.807) is 19.9 Å². The fourth-order valence-electron chi connectivity index (χ4n) is 3.04. The predicted molar refractivity (Wildman–Crippen MR) is 124 cm³/mol. The lowest BCUT2D eigenvalue weighted by atomic mass is 10.2. The Morgan fingerprint density at radius 3 is 2.38 bits per heavy atom. The van der Waals surface area contributed by atoms with Gasteiger partial charge in [-0.15, -0.1) is 0 Å². The molecule has 0 amide bonds. The van der Waals surface area contributed by atoms with Crippen molar-refractivity contribution < 1.29 is 17.9 Å².